The Morgan fingerprint density at radius 2 is 1.89 bits per heavy atom. The maximum Gasteiger partial charge on any atom is 0.228 e. The standard InChI is InChI=1S/C14H12N2OS/c1-2-18-12-9-8-11-13(15-12)16-14(17-11)10-6-4-3-5-7-10/h3-9H,2H2,1H3. The third-order valence-corrected chi connectivity index (χ3v) is 3.35. The highest BCUT2D eigenvalue weighted by molar-refractivity contribution is 7.99. The van der Waals surface area contributed by atoms with Crippen LogP contribution >= 0.6 is 11.8 Å². The second-order valence-electron chi connectivity index (χ2n) is 3.79. The van der Waals surface area contributed by atoms with Gasteiger partial charge in [0.2, 0.25) is 5.89 Å². The van der Waals surface area contributed by atoms with E-state index in [1.54, 1.807) is 11.8 Å². The largest absolute Gasteiger partial charge is 0.434 e. The van der Waals surface area contributed by atoms with Gasteiger partial charge in [0.25, 0.3) is 0 Å². The fourth-order valence-corrected chi connectivity index (χ4v) is 2.34. The summed E-state index contributed by atoms with van der Waals surface area (Å²) in [5.74, 6) is 1.62. The lowest BCUT2D eigenvalue weighted by Gasteiger charge is -1.94. The first-order chi connectivity index (χ1) is 8.86. The van der Waals surface area contributed by atoms with Crippen molar-refractivity contribution in [3.63, 3.8) is 0 Å². The van der Waals surface area contributed by atoms with E-state index >= 15 is 0 Å². The summed E-state index contributed by atoms with van der Waals surface area (Å²) in [6.45, 7) is 2.11. The average Bonchev–Trinajstić information content (AvgIpc) is 2.83. The van der Waals surface area contributed by atoms with Crippen molar-refractivity contribution in [3.8, 4) is 11.5 Å². The van der Waals surface area contributed by atoms with E-state index in [9.17, 15) is 0 Å². The van der Waals surface area contributed by atoms with Crippen LogP contribution in [0.5, 0.6) is 0 Å². The molecule has 0 atom stereocenters. The van der Waals surface area contributed by atoms with Crippen LogP contribution in [0.1, 0.15) is 6.92 Å². The van der Waals surface area contributed by atoms with Gasteiger partial charge in [-0.3, -0.25) is 0 Å². The Morgan fingerprint density at radius 1 is 1.06 bits per heavy atom. The Balaban J connectivity index is 2.06. The number of fused-ring (bicyclic) bond motifs is 1. The number of hydrogen-bond acceptors (Lipinski definition) is 4. The molecule has 3 rings (SSSR count). The van der Waals surface area contributed by atoms with Crippen molar-refractivity contribution in [1.29, 1.82) is 0 Å². The maximum atomic E-state index is 5.70. The van der Waals surface area contributed by atoms with Gasteiger partial charge in [-0.05, 0) is 30.0 Å². The van der Waals surface area contributed by atoms with Gasteiger partial charge in [-0.15, -0.1) is 11.8 Å². The Kier molecular flexibility index (Phi) is 3.02. The minimum absolute atomic E-state index is 0.622. The number of nitrogens with zero attached hydrogens (tertiary/aromatic N) is 2. The number of hydrogen-bond donors (Lipinski definition) is 0. The molecule has 0 N–H and O–H groups in total. The summed E-state index contributed by atoms with van der Waals surface area (Å²) in [5.41, 5.74) is 2.38. The summed E-state index contributed by atoms with van der Waals surface area (Å²) < 4.78 is 5.70. The molecule has 18 heavy (non-hydrogen) atoms. The lowest BCUT2D eigenvalue weighted by Crippen LogP contribution is -1.81. The number of aromatic nitrogens is 2. The molecule has 2 aromatic heterocycles. The normalized spacial score (nSPS) is 10.9. The van der Waals surface area contributed by atoms with Crippen molar-refractivity contribution >= 4 is 23.0 Å². The highest BCUT2D eigenvalue weighted by Gasteiger charge is 2.09. The molecule has 0 aliphatic carbocycles. The number of benzene rings is 1. The lowest BCUT2D eigenvalue weighted by atomic mass is 10.2. The molecule has 3 nitrogen and oxygen atoms in total. The Morgan fingerprint density at radius 3 is 2.67 bits per heavy atom. The third kappa shape index (κ3) is 2.11. The summed E-state index contributed by atoms with van der Waals surface area (Å²) in [6.07, 6.45) is 0. The van der Waals surface area contributed by atoms with Crippen LogP contribution in [-0.2, 0) is 0 Å². The van der Waals surface area contributed by atoms with Gasteiger partial charge >= 0.3 is 0 Å². The molecule has 0 bridgehead atoms. The van der Waals surface area contributed by atoms with E-state index in [0.29, 0.717) is 11.5 Å². The van der Waals surface area contributed by atoms with Crippen LogP contribution in [-0.4, -0.2) is 15.7 Å². The first-order valence-electron chi connectivity index (χ1n) is 5.82. The number of pyridine rings is 1. The van der Waals surface area contributed by atoms with Gasteiger partial charge in [-0.25, -0.2) is 4.98 Å². The molecule has 0 spiro atoms. The van der Waals surface area contributed by atoms with Crippen molar-refractivity contribution < 1.29 is 4.42 Å². The minimum atomic E-state index is 0.622. The topological polar surface area (TPSA) is 38.9 Å². The second kappa shape index (κ2) is 4.82. The highest BCUT2D eigenvalue weighted by atomic mass is 32.2. The van der Waals surface area contributed by atoms with Crippen molar-refractivity contribution in [3.05, 3.63) is 42.5 Å². The molecule has 0 saturated carbocycles. The molecule has 90 valence electrons. The Labute approximate surface area is 109 Å². The van der Waals surface area contributed by atoms with Crippen molar-refractivity contribution in [2.45, 2.75) is 11.9 Å². The van der Waals surface area contributed by atoms with E-state index in [0.717, 1.165) is 21.9 Å². The van der Waals surface area contributed by atoms with E-state index in [1.165, 1.54) is 0 Å². The van der Waals surface area contributed by atoms with E-state index in [2.05, 4.69) is 16.9 Å². The van der Waals surface area contributed by atoms with Crippen LogP contribution in [0.3, 0.4) is 0 Å². The second-order valence-corrected chi connectivity index (χ2v) is 5.07. The number of oxazole rings is 1. The van der Waals surface area contributed by atoms with Gasteiger partial charge in [0.15, 0.2) is 11.2 Å². The third-order valence-electron chi connectivity index (χ3n) is 2.54. The molecule has 0 saturated heterocycles. The number of rotatable bonds is 3. The zero-order valence-electron chi connectivity index (χ0n) is 9.96. The summed E-state index contributed by atoms with van der Waals surface area (Å²) in [4.78, 5) is 8.90. The van der Waals surface area contributed by atoms with Crippen LogP contribution in [0.2, 0.25) is 0 Å². The Hall–Kier alpha value is -1.81. The van der Waals surface area contributed by atoms with Crippen molar-refractivity contribution in [2.75, 3.05) is 5.75 Å². The summed E-state index contributed by atoms with van der Waals surface area (Å²) in [7, 11) is 0. The fourth-order valence-electron chi connectivity index (χ4n) is 1.73. The van der Waals surface area contributed by atoms with E-state index in [1.807, 2.05) is 42.5 Å². The molecule has 0 aliphatic rings. The van der Waals surface area contributed by atoms with E-state index in [-0.39, 0.29) is 0 Å². The van der Waals surface area contributed by atoms with Crippen LogP contribution in [0.15, 0.2) is 51.9 Å². The van der Waals surface area contributed by atoms with Gasteiger partial charge in [0, 0.05) is 5.56 Å². The predicted molar refractivity (Wildman–Crippen MR) is 73.6 cm³/mol. The van der Waals surface area contributed by atoms with Crippen LogP contribution in [0.25, 0.3) is 22.7 Å². The van der Waals surface area contributed by atoms with Crippen LogP contribution < -0.4 is 0 Å². The van der Waals surface area contributed by atoms with Gasteiger partial charge in [-0.2, -0.15) is 4.98 Å². The monoisotopic (exact) mass is 256 g/mol. The average molecular weight is 256 g/mol. The first-order valence-corrected chi connectivity index (χ1v) is 6.81. The zero-order valence-corrected chi connectivity index (χ0v) is 10.8. The molecule has 0 fully saturated rings. The summed E-state index contributed by atoms with van der Waals surface area (Å²) in [5, 5.41) is 0.984. The minimum Gasteiger partial charge on any atom is -0.434 e. The van der Waals surface area contributed by atoms with Crippen molar-refractivity contribution in [2.24, 2.45) is 0 Å². The quantitative estimate of drug-likeness (QED) is 0.664. The van der Waals surface area contributed by atoms with Gasteiger partial charge in [0.1, 0.15) is 0 Å². The SMILES string of the molecule is CCSc1ccc2oc(-c3ccccc3)nc2n1. The van der Waals surface area contributed by atoms with E-state index < -0.39 is 0 Å². The molecule has 1 aromatic carbocycles. The zero-order chi connectivity index (χ0) is 12.4. The smallest absolute Gasteiger partial charge is 0.228 e. The van der Waals surface area contributed by atoms with Crippen LogP contribution in [0, 0.1) is 0 Å². The molecule has 0 unspecified atom stereocenters. The molecular formula is C14H12N2OS. The fraction of sp³-hybridized carbons (Fsp3) is 0.143. The molecule has 3 aromatic rings. The molecule has 4 heteroatoms. The molecule has 0 radical (unpaired) electrons. The highest BCUT2D eigenvalue weighted by Crippen LogP contribution is 2.25. The molecular weight excluding hydrogens is 244 g/mol. The lowest BCUT2D eigenvalue weighted by molar-refractivity contribution is 0.619. The van der Waals surface area contributed by atoms with Gasteiger partial charge in [0.05, 0.1) is 5.03 Å². The number of thioether (sulfide) groups is 1. The summed E-state index contributed by atoms with van der Waals surface area (Å²) >= 11 is 1.70. The first kappa shape index (κ1) is 11.3. The molecule has 2 heterocycles. The van der Waals surface area contributed by atoms with E-state index in [4.69, 9.17) is 4.42 Å². The summed E-state index contributed by atoms with van der Waals surface area (Å²) in [6, 6.07) is 13.8. The predicted octanol–water partition coefficient (Wildman–Crippen LogP) is 4.00. The van der Waals surface area contributed by atoms with Gasteiger partial charge in [-0.1, -0.05) is 25.1 Å². The van der Waals surface area contributed by atoms with Crippen molar-refractivity contribution in [1.82, 2.24) is 9.97 Å². The van der Waals surface area contributed by atoms with Crippen LogP contribution in [0.4, 0.5) is 0 Å². The molecule has 0 amide bonds. The Bertz CT molecular complexity index is 664. The maximum absolute atomic E-state index is 5.70. The molecule has 0 aliphatic heterocycles. The van der Waals surface area contributed by atoms with Gasteiger partial charge < -0.3 is 4.42 Å².